The fraction of sp³-hybridized carbons (Fsp3) is 0.333. The van der Waals surface area contributed by atoms with Crippen molar-refractivity contribution in [3.05, 3.63) is 66.3 Å². The molecule has 3 unspecified atom stereocenters. The van der Waals surface area contributed by atoms with Gasteiger partial charge in [-0.1, -0.05) is 13.0 Å². The van der Waals surface area contributed by atoms with Gasteiger partial charge in [0, 0.05) is 36.2 Å². The summed E-state index contributed by atoms with van der Waals surface area (Å²) in [4.78, 5) is 8.22. The third-order valence-corrected chi connectivity index (χ3v) is 4.67. The van der Waals surface area contributed by atoms with E-state index in [9.17, 15) is 0 Å². The molecule has 0 radical (unpaired) electrons. The van der Waals surface area contributed by atoms with Crippen molar-refractivity contribution in [3.63, 3.8) is 0 Å². The Hall–Kier alpha value is -2.00. The first-order valence-electron chi connectivity index (χ1n) is 7.38. The zero-order valence-electron chi connectivity index (χ0n) is 12.5. The molecule has 0 saturated heterocycles. The van der Waals surface area contributed by atoms with Crippen molar-refractivity contribution in [3.8, 4) is 0 Å². The van der Waals surface area contributed by atoms with Crippen molar-refractivity contribution in [2.75, 3.05) is 0 Å². The molecule has 0 amide bonds. The maximum atomic E-state index is 6.60. The van der Waals surface area contributed by atoms with E-state index in [0.29, 0.717) is 11.8 Å². The van der Waals surface area contributed by atoms with Gasteiger partial charge in [-0.15, -0.1) is 0 Å². The van der Waals surface area contributed by atoms with Crippen LogP contribution in [0.1, 0.15) is 37.3 Å². The van der Waals surface area contributed by atoms with Crippen molar-refractivity contribution in [2.45, 2.75) is 31.7 Å². The molecule has 3 heteroatoms. The minimum absolute atomic E-state index is 0.221. The molecule has 1 aliphatic carbocycles. The van der Waals surface area contributed by atoms with E-state index in [1.54, 1.807) is 0 Å². The third-order valence-electron chi connectivity index (χ3n) is 4.67. The maximum Gasteiger partial charge on any atom is 0.0273 e. The first kappa shape index (κ1) is 14.0. The van der Waals surface area contributed by atoms with E-state index in [-0.39, 0.29) is 5.54 Å². The van der Waals surface area contributed by atoms with Crippen LogP contribution in [-0.4, -0.2) is 15.5 Å². The predicted octanol–water partition coefficient (Wildman–Crippen LogP) is 3.40. The van der Waals surface area contributed by atoms with Crippen LogP contribution in [0.4, 0.5) is 0 Å². The SMILES string of the molecule is CC1C(c2ccncc2)C=C(c2ccncc2)CC1(C)N. The summed E-state index contributed by atoms with van der Waals surface area (Å²) < 4.78 is 0. The van der Waals surface area contributed by atoms with Crippen LogP contribution in [0.3, 0.4) is 0 Å². The summed E-state index contributed by atoms with van der Waals surface area (Å²) in [6, 6.07) is 8.29. The van der Waals surface area contributed by atoms with Gasteiger partial charge in [0.2, 0.25) is 0 Å². The van der Waals surface area contributed by atoms with E-state index < -0.39 is 0 Å². The lowest BCUT2D eigenvalue weighted by atomic mass is 9.67. The molecule has 2 N–H and O–H groups in total. The van der Waals surface area contributed by atoms with Gasteiger partial charge in [0.05, 0.1) is 0 Å². The van der Waals surface area contributed by atoms with Crippen LogP contribution in [0.5, 0.6) is 0 Å². The quantitative estimate of drug-likeness (QED) is 0.916. The topological polar surface area (TPSA) is 51.8 Å². The average molecular weight is 279 g/mol. The Kier molecular flexibility index (Phi) is 3.60. The normalized spacial score (nSPS) is 29.0. The number of hydrogen-bond donors (Lipinski definition) is 1. The standard InChI is InChI=1S/C18H21N3/c1-13-17(15-5-9-21-10-6-15)11-16(12-18(13,2)19)14-3-7-20-8-4-14/h3-11,13,17H,12,19H2,1-2H3. The van der Waals surface area contributed by atoms with Gasteiger partial charge in [-0.05, 0) is 60.2 Å². The van der Waals surface area contributed by atoms with E-state index in [1.807, 2.05) is 24.8 Å². The Bertz CT molecular complexity index is 632. The molecule has 0 aliphatic heterocycles. The van der Waals surface area contributed by atoms with Crippen molar-refractivity contribution in [2.24, 2.45) is 11.7 Å². The molecule has 2 heterocycles. The van der Waals surface area contributed by atoms with E-state index in [4.69, 9.17) is 5.73 Å². The summed E-state index contributed by atoms with van der Waals surface area (Å²) in [5, 5.41) is 0. The van der Waals surface area contributed by atoms with Gasteiger partial charge in [0.15, 0.2) is 0 Å². The highest BCUT2D eigenvalue weighted by Gasteiger charge is 2.37. The van der Waals surface area contributed by atoms with E-state index in [2.05, 4.69) is 54.2 Å². The molecular formula is C18H21N3. The lowest BCUT2D eigenvalue weighted by molar-refractivity contribution is 0.287. The Morgan fingerprint density at radius 1 is 1.05 bits per heavy atom. The second-order valence-corrected chi connectivity index (χ2v) is 6.21. The minimum atomic E-state index is -0.221. The van der Waals surface area contributed by atoms with Crippen LogP contribution in [0.25, 0.3) is 5.57 Å². The lowest BCUT2D eigenvalue weighted by Crippen LogP contribution is -2.47. The summed E-state index contributed by atoms with van der Waals surface area (Å²) in [6.07, 6.45) is 10.6. The maximum absolute atomic E-state index is 6.60. The van der Waals surface area contributed by atoms with E-state index in [1.165, 1.54) is 16.7 Å². The summed E-state index contributed by atoms with van der Waals surface area (Å²) >= 11 is 0. The Balaban J connectivity index is 2.05. The van der Waals surface area contributed by atoms with Gasteiger partial charge in [0.1, 0.15) is 0 Å². The first-order valence-corrected chi connectivity index (χ1v) is 7.38. The monoisotopic (exact) mass is 279 g/mol. The smallest absolute Gasteiger partial charge is 0.0273 e. The van der Waals surface area contributed by atoms with Gasteiger partial charge < -0.3 is 5.73 Å². The van der Waals surface area contributed by atoms with Crippen molar-refractivity contribution < 1.29 is 0 Å². The Morgan fingerprint density at radius 2 is 1.62 bits per heavy atom. The molecular weight excluding hydrogens is 258 g/mol. The van der Waals surface area contributed by atoms with Gasteiger partial charge in [0.25, 0.3) is 0 Å². The summed E-state index contributed by atoms with van der Waals surface area (Å²) in [7, 11) is 0. The second kappa shape index (κ2) is 5.41. The second-order valence-electron chi connectivity index (χ2n) is 6.21. The van der Waals surface area contributed by atoms with Crippen LogP contribution < -0.4 is 5.73 Å². The largest absolute Gasteiger partial charge is 0.325 e. The van der Waals surface area contributed by atoms with Crippen LogP contribution in [-0.2, 0) is 0 Å². The van der Waals surface area contributed by atoms with Gasteiger partial charge >= 0.3 is 0 Å². The summed E-state index contributed by atoms with van der Waals surface area (Å²) in [5.41, 5.74) is 10.2. The number of nitrogens with zero attached hydrogens (tertiary/aromatic N) is 2. The highest BCUT2D eigenvalue weighted by Crippen LogP contribution is 2.43. The predicted molar refractivity (Wildman–Crippen MR) is 85.6 cm³/mol. The van der Waals surface area contributed by atoms with Crippen LogP contribution in [0.15, 0.2) is 55.1 Å². The number of pyridine rings is 2. The molecule has 2 aromatic heterocycles. The zero-order chi connectivity index (χ0) is 14.9. The fourth-order valence-corrected chi connectivity index (χ4v) is 3.14. The van der Waals surface area contributed by atoms with Gasteiger partial charge in [-0.3, -0.25) is 9.97 Å². The molecule has 21 heavy (non-hydrogen) atoms. The zero-order valence-corrected chi connectivity index (χ0v) is 12.5. The van der Waals surface area contributed by atoms with Crippen LogP contribution >= 0.6 is 0 Å². The molecule has 3 nitrogen and oxygen atoms in total. The molecule has 108 valence electrons. The molecule has 0 fully saturated rings. The van der Waals surface area contributed by atoms with Crippen molar-refractivity contribution in [1.82, 2.24) is 9.97 Å². The number of rotatable bonds is 2. The lowest BCUT2D eigenvalue weighted by Gasteiger charge is -2.41. The number of nitrogens with two attached hydrogens (primary N) is 1. The number of aromatic nitrogens is 2. The molecule has 0 aromatic carbocycles. The highest BCUT2D eigenvalue weighted by atomic mass is 14.8. The third kappa shape index (κ3) is 2.74. The van der Waals surface area contributed by atoms with Gasteiger partial charge in [-0.25, -0.2) is 0 Å². The molecule has 0 bridgehead atoms. The van der Waals surface area contributed by atoms with Gasteiger partial charge in [-0.2, -0.15) is 0 Å². The Labute approximate surface area is 125 Å². The molecule has 1 aliphatic rings. The minimum Gasteiger partial charge on any atom is -0.325 e. The molecule has 3 rings (SSSR count). The van der Waals surface area contributed by atoms with E-state index >= 15 is 0 Å². The van der Waals surface area contributed by atoms with E-state index in [0.717, 1.165) is 6.42 Å². The average Bonchev–Trinajstić information content (AvgIpc) is 2.51. The molecule has 0 saturated carbocycles. The number of hydrogen-bond acceptors (Lipinski definition) is 3. The first-order chi connectivity index (χ1) is 10.1. The van der Waals surface area contributed by atoms with Crippen molar-refractivity contribution >= 4 is 5.57 Å². The molecule has 2 aromatic rings. The van der Waals surface area contributed by atoms with Crippen molar-refractivity contribution in [1.29, 1.82) is 0 Å². The van der Waals surface area contributed by atoms with Crippen LogP contribution in [0, 0.1) is 5.92 Å². The molecule has 0 spiro atoms. The number of allylic oxidation sites excluding steroid dienone is 1. The summed E-state index contributed by atoms with van der Waals surface area (Å²) in [6.45, 7) is 4.39. The summed E-state index contributed by atoms with van der Waals surface area (Å²) in [5.74, 6) is 0.699. The Morgan fingerprint density at radius 3 is 2.24 bits per heavy atom. The highest BCUT2D eigenvalue weighted by molar-refractivity contribution is 5.68. The fourth-order valence-electron chi connectivity index (χ4n) is 3.14. The molecule has 3 atom stereocenters. The van der Waals surface area contributed by atoms with Crippen LogP contribution in [0.2, 0.25) is 0 Å².